The molecule has 0 aliphatic carbocycles. The lowest BCUT2D eigenvalue weighted by molar-refractivity contribution is 0.0967. The molecule has 0 atom stereocenters. The van der Waals surface area contributed by atoms with E-state index >= 15 is 0 Å². The minimum Gasteiger partial charge on any atom is -0.497 e. The largest absolute Gasteiger partial charge is 0.497 e. The fraction of sp³-hybridized carbons (Fsp3) is 0.143. The molecule has 146 valence electrons. The first kappa shape index (κ1) is 18.4. The van der Waals surface area contributed by atoms with E-state index in [2.05, 4.69) is 10.1 Å². The van der Waals surface area contributed by atoms with Crippen molar-refractivity contribution >= 4 is 16.8 Å². The number of benzene rings is 2. The summed E-state index contributed by atoms with van der Waals surface area (Å²) in [6, 6.07) is 14.3. The van der Waals surface area contributed by atoms with Gasteiger partial charge in [-0.05, 0) is 24.3 Å². The maximum atomic E-state index is 12.9. The van der Waals surface area contributed by atoms with E-state index < -0.39 is 0 Å². The lowest BCUT2D eigenvalue weighted by atomic mass is 10.1. The van der Waals surface area contributed by atoms with Gasteiger partial charge in [-0.3, -0.25) is 14.2 Å². The highest BCUT2D eigenvalue weighted by molar-refractivity contribution is 5.98. The highest BCUT2D eigenvalue weighted by Gasteiger charge is 2.17. The van der Waals surface area contributed by atoms with Crippen LogP contribution in [0.4, 0.5) is 0 Å². The molecule has 0 aliphatic rings. The zero-order valence-electron chi connectivity index (χ0n) is 15.9. The number of Topliss-reactive ketones (excluding diaryl/α,β-unsaturated/α-hetero) is 1. The molecule has 0 saturated heterocycles. The molecule has 0 bridgehead atoms. The van der Waals surface area contributed by atoms with E-state index in [0.29, 0.717) is 28.1 Å². The number of carbonyl (C=O) groups is 1. The van der Waals surface area contributed by atoms with Crippen LogP contribution in [-0.2, 0) is 6.54 Å². The van der Waals surface area contributed by atoms with E-state index in [9.17, 15) is 9.59 Å². The number of fused-ring (bicyclic) bond motifs is 1. The smallest absolute Gasteiger partial charge is 0.264 e. The Labute approximate surface area is 165 Å². The van der Waals surface area contributed by atoms with Crippen molar-refractivity contribution in [1.29, 1.82) is 0 Å². The minimum atomic E-state index is -0.335. The van der Waals surface area contributed by atoms with Crippen LogP contribution in [0.25, 0.3) is 16.7 Å². The summed E-state index contributed by atoms with van der Waals surface area (Å²) >= 11 is 0. The van der Waals surface area contributed by atoms with Crippen LogP contribution in [0.1, 0.15) is 10.4 Å². The summed E-state index contributed by atoms with van der Waals surface area (Å²) in [6.07, 6.45) is 2.83. The number of ketones is 1. The van der Waals surface area contributed by atoms with Crippen LogP contribution in [0, 0.1) is 0 Å². The average Bonchev–Trinajstić information content (AvgIpc) is 3.20. The molecule has 4 aromatic rings. The number of aromatic nitrogens is 4. The van der Waals surface area contributed by atoms with E-state index in [4.69, 9.17) is 9.47 Å². The van der Waals surface area contributed by atoms with Crippen LogP contribution >= 0.6 is 0 Å². The van der Waals surface area contributed by atoms with Gasteiger partial charge in [-0.25, -0.2) is 9.67 Å². The summed E-state index contributed by atoms with van der Waals surface area (Å²) in [4.78, 5) is 30.0. The van der Waals surface area contributed by atoms with Crippen molar-refractivity contribution < 1.29 is 14.3 Å². The first-order valence-corrected chi connectivity index (χ1v) is 8.86. The van der Waals surface area contributed by atoms with Gasteiger partial charge in [-0.15, -0.1) is 0 Å². The number of carbonyl (C=O) groups excluding carboxylic acids is 1. The van der Waals surface area contributed by atoms with Crippen molar-refractivity contribution in [3.8, 4) is 17.2 Å². The van der Waals surface area contributed by atoms with Gasteiger partial charge >= 0.3 is 0 Å². The van der Waals surface area contributed by atoms with Crippen LogP contribution in [0.15, 0.2) is 65.8 Å². The van der Waals surface area contributed by atoms with Gasteiger partial charge < -0.3 is 9.47 Å². The van der Waals surface area contributed by atoms with Gasteiger partial charge in [0.2, 0.25) is 0 Å². The molecule has 2 aromatic heterocycles. The van der Waals surface area contributed by atoms with Gasteiger partial charge in [0.25, 0.3) is 5.56 Å². The molecule has 0 saturated carbocycles. The molecule has 29 heavy (non-hydrogen) atoms. The topological polar surface area (TPSA) is 88.2 Å². The number of methoxy groups -OCH3 is 2. The molecular weight excluding hydrogens is 372 g/mol. The predicted molar refractivity (Wildman–Crippen MR) is 107 cm³/mol. The fourth-order valence-electron chi connectivity index (χ4n) is 3.09. The Morgan fingerprint density at radius 3 is 2.59 bits per heavy atom. The Bertz CT molecular complexity index is 1240. The van der Waals surface area contributed by atoms with E-state index in [1.165, 1.54) is 31.3 Å². The number of hydrogen-bond acceptors (Lipinski definition) is 6. The summed E-state index contributed by atoms with van der Waals surface area (Å²) in [7, 11) is 3.01. The second-order valence-electron chi connectivity index (χ2n) is 6.30. The molecule has 0 amide bonds. The van der Waals surface area contributed by atoms with Gasteiger partial charge in [0.15, 0.2) is 11.4 Å². The van der Waals surface area contributed by atoms with E-state index in [0.717, 1.165) is 5.69 Å². The van der Waals surface area contributed by atoms with Crippen molar-refractivity contribution in [2.45, 2.75) is 6.54 Å². The molecule has 0 aliphatic heterocycles. The Morgan fingerprint density at radius 2 is 1.86 bits per heavy atom. The fourth-order valence-corrected chi connectivity index (χ4v) is 3.09. The van der Waals surface area contributed by atoms with E-state index in [-0.39, 0.29) is 17.9 Å². The molecule has 0 radical (unpaired) electrons. The third-order valence-corrected chi connectivity index (χ3v) is 4.58. The van der Waals surface area contributed by atoms with Crippen LogP contribution in [0.3, 0.4) is 0 Å². The summed E-state index contributed by atoms with van der Waals surface area (Å²) in [5.74, 6) is 0.684. The van der Waals surface area contributed by atoms with Gasteiger partial charge in [0.05, 0.1) is 38.2 Å². The van der Waals surface area contributed by atoms with Crippen molar-refractivity contribution in [2.75, 3.05) is 14.2 Å². The molecule has 2 heterocycles. The highest BCUT2D eigenvalue weighted by atomic mass is 16.5. The third-order valence-electron chi connectivity index (χ3n) is 4.58. The van der Waals surface area contributed by atoms with Crippen LogP contribution in [0.2, 0.25) is 0 Å². The zero-order valence-corrected chi connectivity index (χ0v) is 15.9. The predicted octanol–water partition coefficient (Wildman–Crippen LogP) is 2.48. The quantitative estimate of drug-likeness (QED) is 0.470. The molecule has 2 aromatic carbocycles. The first-order valence-electron chi connectivity index (χ1n) is 8.86. The number of para-hydroxylation sites is 1. The Kier molecular flexibility index (Phi) is 4.82. The Morgan fingerprint density at radius 1 is 1.07 bits per heavy atom. The van der Waals surface area contributed by atoms with Gasteiger partial charge in [0, 0.05) is 6.07 Å². The number of rotatable bonds is 6. The van der Waals surface area contributed by atoms with Crippen LogP contribution in [-0.4, -0.2) is 39.3 Å². The summed E-state index contributed by atoms with van der Waals surface area (Å²) < 4.78 is 13.3. The normalized spacial score (nSPS) is 10.8. The molecule has 8 nitrogen and oxygen atoms in total. The van der Waals surface area contributed by atoms with Crippen molar-refractivity contribution in [3.05, 3.63) is 77.0 Å². The van der Waals surface area contributed by atoms with Gasteiger partial charge in [-0.2, -0.15) is 5.10 Å². The third kappa shape index (κ3) is 3.36. The number of ether oxygens (including phenoxy) is 2. The standard InChI is InChI=1S/C21H18N4O4/c1-28-15-8-9-16(19(10-15)29-2)18(26)12-24-13-22-20-17(21(24)27)11-23-25(20)14-6-4-3-5-7-14/h3-11,13H,12H2,1-2H3. The van der Waals surface area contributed by atoms with E-state index in [1.54, 1.807) is 22.9 Å². The second-order valence-corrected chi connectivity index (χ2v) is 6.30. The lowest BCUT2D eigenvalue weighted by Crippen LogP contribution is -2.24. The highest BCUT2D eigenvalue weighted by Crippen LogP contribution is 2.25. The van der Waals surface area contributed by atoms with Gasteiger partial charge in [0.1, 0.15) is 23.2 Å². The van der Waals surface area contributed by atoms with Gasteiger partial charge in [-0.1, -0.05) is 18.2 Å². The molecule has 8 heteroatoms. The Hall–Kier alpha value is -3.94. The monoisotopic (exact) mass is 390 g/mol. The van der Waals surface area contributed by atoms with Crippen molar-refractivity contribution in [2.24, 2.45) is 0 Å². The molecule has 4 rings (SSSR count). The molecule has 0 unspecified atom stereocenters. The summed E-state index contributed by atoms with van der Waals surface area (Å²) in [6.45, 7) is -0.166. The minimum absolute atomic E-state index is 0.166. The SMILES string of the molecule is COc1ccc(C(=O)Cn2cnc3c(cnn3-c3ccccc3)c2=O)c(OC)c1. The lowest BCUT2D eigenvalue weighted by Gasteiger charge is -2.10. The van der Waals surface area contributed by atoms with Crippen LogP contribution < -0.4 is 15.0 Å². The zero-order chi connectivity index (χ0) is 20.4. The summed E-state index contributed by atoms with van der Waals surface area (Å²) in [5.41, 5.74) is 1.26. The number of nitrogens with zero attached hydrogens (tertiary/aromatic N) is 4. The second kappa shape index (κ2) is 7.59. The molecule has 0 fully saturated rings. The maximum Gasteiger partial charge on any atom is 0.264 e. The molecule has 0 spiro atoms. The van der Waals surface area contributed by atoms with E-state index in [1.807, 2.05) is 30.3 Å². The molecule has 0 N–H and O–H groups in total. The van der Waals surface area contributed by atoms with Crippen molar-refractivity contribution in [1.82, 2.24) is 19.3 Å². The summed E-state index contributed by atoms with van der Waals surface area (Å²) in [5, 5.41) is 4.61. The maximum absolute atomic E-state index is 12.9. The molecular formula is C21H18N4O4. The average molecular weight is 390 g/mol. The Balaban J connectivity index is 1.68. The first-order chi connectivity index (χ1) is 14.1. The number of hydrogen-bond donors (Lipinski definition) is 0. The van der Waals surface area contributed by atoms with Crippen LogP contribution in [0.5, 0.6) is 11.5 Å². The van der Waals surface area contributed by atoms with Crippen molar-refractivity contribution in [3.63, 3.8) is 0 Å².